The molecule has 1 saturated heterocycles. The van der Waals surface area contributed by atoms with Gasteiger partial charge in [-0.1, -0.05) is 31.4 Å². The fraction of sp³-hybridized carbons (Fsp3) is 0.579. The first kappa shape index (κ1) is 20.7. The number of hydrogen-bond donors (Lipinski definition) is 3. The van der Waals surface area contributed by atoms with Gasteiger partial charge in [0.05, 0.1) is 13.2 Å². The molecule has 1 aliphatic carbocycles. The normalized spacial score (nSPS) is 20.7. The minimum atomic E-state index is -0.289. The summed E-state index contributed by atoms with van der Waals surface area (Å²) in [6, 6.07) is 7.37. The van der Waals surface area contributed by atoms with Gasteiger partial charge >= 0.3 is 0 Å². The van der Waals surface area contributed by atoms with E-state index in [0.717, 1.165) is 36.9 Å². The number of rotatable bonds is 5. The van der Waals surface area contributed by atoms with Crippen molar-refractivity contribution in [3.05, 3.63) is 29.8 Å². The maximum Gasteiger partial charge on any atom is 0.239 e. The van der Waals surface area contributed by atoms with E-state index < -0.39 is 0 Å². The highest BCUT2D eigenvalue weighted by Crippen LogP contribution is 2.25. The van der Waals surface area contributed by atoms with E-state index in [1.165, 1.54) is 6.42 Å². The SMILES string of the molecule is Cl.O=C(Nc1cccc(CNC(=O)C2COCCN2)c1)C1CCCCC1. The molecule has 1 heterocycles. The predicted octanol–water partition coefficient (Wildman–Crippen LogP) is 2.23. The lowest BCUT2D eigenvalue weighted by molar-refractivity contribution is -0.126. The van der Waals surface area contributed by atoms with Gasteiger partial charge in [-0.05, 0) is 30.5 Å². The highest BCUT2D eigenvalue weighted by Gasteiger charge is 2.22. The lowest BCUT2D eigenvalue weighted by Crippen LogP contribution is -2.51. The molecular formula is C19H28ClN3O3. The van der Waals surface area contributed by atoms with Crippen LogP contribution in [0.3, 0.4) is 0 Å². The molecule has 2 fully saturated rings. The zero-order valence-corrected chi connectivity index (χ0v) is 15.8. The molecule has 1 aliphatic heterocycles. The molecule has 0 bridgehead atoms. The summed E-state index contributed by atoms with van der Waals surface area (Å²) in [6.07, 6.45) is 5.49. The standard InChI is InChI=1S/C19H27N3O3.ClH/c23-18(15-6-2-1-3-7-15)22-16-8-4-5-14(11-16)12-21-19(24)17-13-25-10-9-20-17;/h4-5,8,11,15,17,20H,1-3,6-7,9-10,12-13H2,(H,21,24)(H,22,23);1H. The third-order valence-corrected chi connectivity index (χ3v) is 4.88. The molecule has 26 heavy (non-hydrogen) atoms. The number of ether oxygens (including phenoxy) is 1. The Bertz CT molecular complexity index is 599. The Balaban J connectivity index is 0.00000243. The van der Waals surface area contributed by atoms with Crippen LogP contribution in [0.25, 0.3) is 0 Å². The number of morpholine rings is 1. The van der Waals surface area contributed by atoms with Gasteiger partial charge in [0, 0.05) is 24.7 Å². The van der Waals surface area contributed by atoms with Crippen molar-refractivity contribution < 1.29 is 14.3 Å². The second-order valence-electron chi connectivity index (χ2n) is 6.82. The van der Waals surface area contributed by atoms with Gasteiger partial charge in [-0.3, -0.25) is 9.59 Å². The van der Waals surface area contributed by atoms with E-state index in [0.29, 0.717) is 26.3 Å². The van der Waals surface area contributed by atoms with E-state index in [-0.39, 0.29) is 36.2 Å². The highest BCUT2D eigenvalue weighted by molar-refractivity contribution is 5.92. The van der Waals surface area contributed by atoms with Crippen molar-refractivity contribution in [3.63, 3.8) is 0 Å². The van der Waals surface area contributed by atoms with Gasteiger partial charge in [0.15, 0.2) is 0 Å². The third-order valence-electron chi connectivity index (χ3n) is 4.88. The molecule has 1 atom stereocenters. The van der Waals surface area contributed by atoms with Crippen LogP contribution in [0.2, 0.25) is 0 Å². The number of anilines is 1. The summed E-state index contributed by atoms with van der Waals surface area (Å²) >= 11 is 0. The zero-order valence-electron chi connectivity index (χ0n) is 15.0. The second-order valence-corrected chi connectivity index (χ2v) is 6.82. The smallest absolute Gasteiger partial charge is 0.239 e. The summed E-state index contributed by atoms with van der Waals surface area (Å²) in [6.45, 7) is 2.18. The zero-order chi connectivity index (χ0) is 17.5. The maximum atomic E-state index is 12.3. The first-order chi connectivity index (χ1) is 12.2. The number of benzene rings is 1. The van der Waals surface area contributed by atoms with Gasteiger partial charge in [0.2, 0.25) is 11.8 Å². The molecule has 1 saturated carbocycles. The van der Waals surface area contributed by atoms with Gasteiger partial charge in [-0.25, -0.2) is 0 Å². The summed E-state index contributed by atoms with van der Waals surface area (Å²) in [7, 11) is 0. The largest absolute Gasteiger partial charge is 0.378 e. The minimum Gasteiger partial charge on any atom is -0.378 e. The molecule has 144 valence electrons. The van der Waals surface area contributed by atoms with Gasteiger partial charge in [0.1, 0.15) is 6.04 Å². The number of halogens is 1. The van der Waals surface area contributed by atoms with Crippen LogP contribution in [-0.2, 0) is 20.9 Å². The van der Waals surface area contributed by atoms with Crippen molar-refractivity contribution in [3.8, 4) is 0 Å². The third kappa shape index (κ3) is 5.97. The topological polar surface area (TPSA) is 79.5 Å². The Morgan fingerprint density at radius 1 is 1.15 bits per heavy atom. The molecule has 1 aromatic carbocycles. The lowest BCUT2D eigenvalue weighted by Gasteiger charge is -2.23. The van der Waals surface area contributed by atoms with Crippen LogP contribution < -0.4 is 16.0 Å². The first-order valence-corrected chi connectivity index (χ1v) is 9.21. The van der Waals surface area contributed by atoms with E-state index in [1.807, 2.05) is 24.3 Å². The molecule has 0 aromatic heterocycles. The molecule has 1 unspecified atom stereocenters. The van der Waals surface area contributed by atoms with Crippen LogP contribution in [0.15, 0.2) is 24.3 Å². The Labute approximate surface area is 160 Å². The molecule has 2 amide bonds. The average Bonchev–Trinajstić information content (AvgIpc) is 2.68. The summed E-state index contributed by atoms with van der Waals surface area (Å²) in [5.41, 5.74) is 1.76. The van der Waals surface area contributed by atoms with Gasteiger partial charge in [-0.15, -0.1) is 12.4 Å². The van der Waals surface area contributed by atoms with Crippen molar-refractivity contribution in [2.75, 3.05) is 25.1 Å². The lowest BCUT2D eigenvalue weighted by atomic mass is 9.88. The van der Waals surface area contributed by atoms with Crippen LogP contribution in [-0.4, -0.2) is 37.6 Å². The molecule has 7 heteroatoms. The average molecular weight is 382 g/mol. The van der Waals surface area contributed by atoms with Gasteiger partial charge in [0.25, 0.3) is 0 Å². The predicted molar refractivity (Wildman–Crippen MR) is 103 cm³/mol. The number of amides is 2. The molecule has 6 nitrogen and oxygen atoms in total. The fourth-order valence-corrected chi connectivity index (χ4v) is 3.41. The molecule has 0 spiro atoms. The number of hydrogen-bond acceptors (Lipinski definition) is 4. The number of nitrogens with one attached hydrogen (secondary N) is 3. The van der Waals surface area contributed by atoms with Crippen molar-refractivity contribution in [2.45, 2.75) is 44.7 Å². The number of carbonyl (C=O) groups is 2. The Morgan fingerprint density at radius 3 is 2.69 bits per heavy atom. The van der Waals surface area contributed by atoms with Crippen molar-refractivity contribution in [1.29, 1.82) is 0 Å². The summed E-state index contributed by atoms with van der Waals surface area (Å²) in [4.78, 5) is 24.5. The molecular weight excluding hydrogens is 354 g/mol. The van der Waals surface area contributed by atoms with Crippen molar-refractivity contribution >= 4 is 29.9 Å². The monoisotopic (exact) mass is 381 g/mol. The van der Waals surface area contributed by atoms with Crippen molar-refractivity contribution in [2.24, 2.45) is 5.92 Å². The van der Waals surface area contributed by atoms with E-state index in [1.54, 1.807) is 0 Å². The van der Waals surface area contributed by atoms with Gasteiger partial charge < -0.3 is 20.7 Å². The van der Waals surface area contributed by atoms with Crippen molar-refractivity contribution in [1.82, 2.24) is 10.6 Å². The quantitative estimate of drug-likeness (QED) is 0.730. The Kier molecular flexibility index (Phi) is 8.35. The van der Waals surface area contributed by atoms with Crippen LogP contribution in [0.5, 0.6) is 0 Å². The van der Waals surface area contributed by atoms with Gasteiger partial charge in [-0.2, -0.15) is 0 Å². The van der Waals surface area contributed by atoms with Crippen LogP contribution in [0.4, 0.5) is 5.69 Å². The van der Waals surface area contributed by atoms with Crippen LogP contribution in [0, 0.1) is 5.92 Å². The molecule has 3 rings (SSSR count). The van der Waals surface area contributed by atoms with Crippen LogP contribution >= 0.6 is 12.4 Å². The van der Waals surface area contributed by atoms with E-state index >= 15 is 0 Å². The highest BCUT2D eigenvalue weighted by atomic mass is 35.5. The molecule has 3 N–H and O–H groups in total. The molecule has 2 aliphatic rings. The van der Waals surface area contributed by atoms with Crippen LogP contribution in [0.1, 0.15) is 37.7 Å². The van der Waals surface area contributed by atoms with E-state index in [9.17, 15) is 9.59 Å². The summed E-state index contributed by atoms with van der Waals surface area (Å²) < 4.78 is 5.30. The Morgan fingerprint density at radius 2 is 1.96 bits per heavy atom. The second kappa shape index (κ2) is 10.5. The maximum absolute atomic E-state index is 12.3. The first-order valence-electron chi connectivity index (χ1n) is 9.21. The molecule has 0 radical (unpaired) electrons. The minimum absolute atomic E-state index is 0. The van der Waals surface area contributed by atoms with E-state index in [2.05, 4.69) is 16.0 Å². The number of carbonyl (C=O) groups excluding carboxylic acids is 2. The molecule has 1 aromatic rings. The van der Waals surface area contributed by atoms with E-state index in [4.69, 9.17) is 4.74 Å². The fourth-order valence-electron chi connectivity index (χ4n) is 3.41. The summed E-state index contributed by atoms with van der Waals surface area (Å²) in [5.74, 6) is 0.190. The Hall–Kier alpha value is -1.63. The summed E-state index contributed by atoms with van der Waals surface area (Å²) in [5, 5.41) is 9.07.